The molecule has 0 radical (unpaired) electrons. The van der Waals surface area contributed by atoms with Gasteiger partial charge >= 0.3 is 0 Å². The van der Waals surface area contributed by atoms with Crippen molar-refractivity contribution >= 4 is 0 Å². The van der Waals surface area contributed by atoms with Gasteiger partial charge in [0.05, 0.1) is 12.3 Å². The number of hydrogen-bond acceptors (Lipinski definition) is 4. The van der Waals surface area contributed by atoms with Crippen molar-refractivity contribution in [3.8, 4) is 0 Å². The lowest BCUT2D eigenvalue weighted by Gasteiger charge is -2.25. The lowest BCUT2D eigenvalue weighted by atomic mass is 9.83. The second-order valence-electron chi connectivity index (χ2n) is 5.82. The van der Waals surface area contributed by atoms with Gasteiger partial charge in [-0.1, -0.05) is 24.5 Å². The first-order valence-corrected chi connectivity index (χ1v) is 7.53. The highest BCUT2D eigenvalue weighted by Gasteiger charge is 2.26. The van der Waals surface area contributed by atoms with Crippen LogP contribution in [0.4, 0.5) is 0 Å². The van der Waals surface area contributed by atoms with Crippen molar-refractivity contribution in [3.63, 3.8) is 0 Å². The highest BCUT2D eigenvalue weighted by molar-refractivity contribution is 5.17. The van der Waals surface area contributed by atoms with Crippen LogP contribution >= 0.6 is 0 Å². The van der Waals surface area contributed by atoms with Crippen LogP contribution in [0.2, 0.25) is 0 Å². The SMILES string of the molecule is CNCc1nnn(CCC2CCC2)c1C1CCOC1. The normalized spacial score (nSPS) is 23.7. The number of hydrogen-bond donors (Lipinski definition) is 1. The summed E-state index contributed by atoms with van der Waals surface area (Å²) >= 11 is 0. The van der Waals surface area contributed by atoms with Gasteiger partial charge in [-0.15, -0.1) is 5.10 Å². The molecule has 0 bridgehead atoms. The van der Waals surface area contributed by atoms with Crippen LogP contribution in [0.5, 0.6) is 0 Å². The van der Waals surface area contributed by atoms with E-state index in [1.165, 1.54) is 31.4 Å². The molecule has 1 saturated heterocycles. The molecule has 2 aliphatic rings. The number of rotatable bonds is 6. The van der Waals surface area contributed by atoms with E-state index in [0.717, 1.165) is 44.3 Å². The van der Waals surface area contributed by atoms with Gasteiger partial charge in [0.25, 0.3) is 0 Å². The topological polar surface area (TPSA) is 52.0 Å². The molecule has 1 aliphatic carbocycles. The quantitative estimate of drug-likeness (QED) is 0.849. The molecule has 1 aliphatic heterocycles. The summed E-state index contributed by atoms with van der Waals surface area (Å²) < 4.78 is 7.68. The van der Waals surface area contributed by atoms with Crippen LogP contribution in [0.15, 0.2) is 0 Å². The summed E-state index contributed by atoms with van der Waals surface area (Å²) in [4.78, 5) is 0. The molecule has 1 aromatic rings. The molecule has 1 N–H and O–H groups in total. The van der Waals surface area contributed by atoms with E-state index in [2.05, 4.69) is 20.3 Å². The van der Waals surface area contributed by atoms with E-state index in [-0.39, 0.29) is 0 Å². The van der Waals surface area contributed by atoms with Crippen molar-refractivity contribution in [3.05, 3.63) is 11.4 Å². The largest absolute Gasteiger partial charge is 0.381 e. The Labute approximate surface area is 114 Å². The lowest BCUT2D eigenvalue weighted by Crippen LogP contribution is -2.18. The Kier molecular flexibility index (Phi) is 4.13. The Hall–Kier alpha value is -0.940. The molecule has 1 saturated carbocycles. The summed E-state index contributed by atoms with van der Waals surface area (Å²) in [7, 11) is 1.96. The lowest BCUT2D eigenvalue weighted by molar-refractivity contribution is 0.192. The molecule has 0 amide bonds. The Morgan fingerprint density at radius 2 is 2.26 bits per heavy atom. The zero-order valence-electron chi connectivity index (χ0n) is 11.8. The minimum Gasteiger partial charge on any atom is -0.381 e. The molecule has 5 heteroatoms. The van der Waals surface area contributed by atoms with Crippen molar-refractivity contribution in [2.24, 2.45) is 5.92 Å². The standard InChI is InChI=1S/C14H24N4O/c1-15-9-13-14(12-6-8-19-10-12)18(17-16-13)7-5-11-3-2-4-11/h11-12,15H,2-10H2,1H3. The number of aryl methyl sites for hydroxylation is 1. The first kappa shape index (κ1) is 13.1. The Morgan fingerprint density at radius 3 is 2.89 bits per heavy atom. The summed E-state index contributed by atoms with van der Waals surface area (Å²) in [6.07, 6.45) is 6.58. The molecular weight excluding hydrogens is 240 g/mol. The van der Waals surface area contributed by atoms with E-state index in [1.807, 2.05) is 7.05 Å². The third-order valence-electron chi connectivity index (χ3n) is 4.48. The van der Waals surface area contributed by atoms with Gasteiger partial charge in [-0.2, -0.15) is 0 Å². The number of ether oxygens (including phenoxy) is 1. The van der Waals surface area contributed by atoms with Crippen molar-refractivity contribution < 1.29 is 4.74 Å². The second-order valence-corrected chi connectivity index (χ2v) is 5.82. The molecule has 0 aromatic carbocycles. The van der Waals surface area contributed by atoms with E-state index in [1.54, 1.807) is 0 Å². The van der Waals surface area contributed by atoms with Crippen molar-refractivity contribution in [1.29, 1.82) is 0 Å². The van der Waals surface area contributed by atoms with Crippen LogP contribution in [0.3, 0.4) is 0 Å². The average Bonchev–Trinajstić information content (AvgIpc) is 2.96. The fraction of sp³-hybridized carbons (Fsp3) is 0.857. The van der Waals surface area contributed by atoms with Crippen LogP contribution in [-0.4, -0.2) is 35.3 Å². The van der Waals surface area contributed by atoms with Crippen LogP contribution in [0, 0.1) is 5.92 Å². The third kappa shape index (κ3) is 2.82. The number of nitrogens with one attached hydrogen (secondary N) is 1. The molecule has 3 rings (SSSR count). The van der Waals surface area contributed by atoms with Gasteiger partial charge < -0.3 is 10.1 Å². The Morgan fingerprint density at radius 1 is 1.37 bits per heavy atom. The smallest absolute Gasteiger partial charge is 0.100 e. The van der Waals surface area contributed by atoms with E-state index < -0.39 is 0 Å². The zero-order valence-corrected chi connectivity index (χ0v) is 11.8. The van der Waals surface area contributed by atoms with Crippen LogP contribution in [-0.2, 0) is 17.8 Å². The Balaban J connectivity index is 1.72. The minimum absolute atomic E-state index is 0.486. The molecule has 5 nitrogen and oxygen atoms in total. The molecule has 1 unspecified atom stereocenters. The zero-order chi connectivity index (χ0) is 13.1. The van der Waals surface area contributed by atoms with Gasteiger partial charge in [0.2, 0.25) is 0 Å². The molecular formula is C14H24N4O. The van der Waals surface area contributed by atoms with Gasteiger partial charge in [0, 0.05) is 25.6 Å². The van der Waals surface area contributed by atoms with Gasteiger partial charge in [-0.3, -0.25) is 0 Å². The van der Waals surface area contributed by atoms with Crippen molar-refractivity contribution in [1.82, 2.24) is 20.3 Å². The summed E-state index contributed by atoms with van der Waals surface area (Å²) in [6.45, 7) is 3.52. The predicted octanol–water partition coefficient (Wildman–Crippen LogP) is 1.69. The minimum atomic E-state index is 0.486. The van der Waals surface area contributed by atoms with Crippen LogP contribution < -0.4 is 5.32 Å². The highest BCUT2D eigenvalue weighted by atomic mass is 16.5. The Bertz CT molecular complexity index is 408. The molecule has 1 atom stereocenters. The van der Waals surface area contributed by atoms with Gasteiger partial charge in [-0.05, 0) is 25.8 Å². The van der Waals surface area contributed by atoms with E-state index >= 15 is 0 Å². The predicted molar refractivity (Wildman–Crippen MR) is 72.9 cm³/mol. The van der Waals surface area contributed by atoms with Crippen molar-refractivity contribution in [2.45, 2.75) is 51.1 Å². The summed E-state index contributed by atoms with van der Waals surface area (Å²) in [5.41, 5.74) is 2.41. The summed E-state index contributed by atoms with van der Waals surface area (Å²) in [5.74, 6) is 1.41. The van der Waals surface area contributed by atoms with Crippen LogP contribution in [0.25, 0.3) is 0 Å². The van der Waals surface area contributed by atoms with E-state index in [0.29, 0.717) is 5.92 Å². The maximum Gasteiger partial charge on any atom is 0.100 e. The van der Waals surface area contributed by atoms with Crippen molar-refractivity contribution in [2.75, 3.05) is 20.3 Å². The number of aromatic nitrogens is 3. The van der Waals surface area contributed by atoms with Gasteiger partial charge in [0.1, 0.15) is 5.69 Å². The maximum atomic E-state index is 5.54. The monoisotopic (exact) mass is 264 g/mol. The van der Waals surface area contributed by atoms with Gasteiger partial charge in [-0.25, -0.2) is 4.68 Å². The fourth-order valence-corrected chi connectivity index (χ4v) is 3.10. The summed E-state index contributed by atoms with van der Waals surface area (Å²) in [6, 6.07) is 0. The number of nitrogens with zero attached hydrogens (tertiary/aromatic N) is 3. The van der Waals surface area contributed by atoms with E-state index in [4.69, 9.17) is 4.74 Å². The highest BCUT2D eigenvalue weighted by Crippen LogP contribution is 2.31. The second kappa shape index (κ2) is 6.01. The fourth-order valence-electron chi connectivity index (χ4n) is 3.10. The average molecular weight is 264 g/mol. The molecule has 2 fully saturated rings. The first-order chi connectivity index (χ1) is 9.38. The molecule has 2 heterocycles. The molecule has 1 aromatic heterocycles. The third-order valence-corrected chi connectivity index (χ3v) is 4.48. The maximum absolute atomic E-state index is 5.54. The van der Waals surface area contributed by atoms with Crippen LogP contribution in [0.1, 0.15) is 49.4 Å². The van der Waals surface area contributed by atoms with E-state index in [9.17, 15) is 0 Å². The first-order valence-electron chi connectivity index (χ1n) is 7.53. The van der Waals surface area contributed by atoms with Gasteiger partial charge in [0.15, 0.2) is 0 Å². The molecule has 106 valence electrons. The summed E-state index contributed by atoms with van der Waals surface area (Å²) in [5, 5.41) is 11.9. The molecule has 0 spiro atoms. The molecule has 19 heavy (non-hydrogen) atoms.